The van der Waals surface area contributed by atoms with Gasteiger partial charge in [0.15, 0.2) is 10.7 Å². The third-order valence-electron chi connectivity index (χ3n) is 3.02. The predicted octanol–water partition coefficient (Wildman–Crippen LogP) is 0.185. The van der Waals surface area contributed by atoms with E-state index in [-0.39, 0.29) is 17.9 Å². The fourth-order valence-corrected chi connectivity index (χ4v) is 2.71. The molecule has 128 valence electrons. The molecule has 1 saturated heterocycles. The average Bonchev–Trinajstić information content (AvgIpc) is 3.09. The molecule has 1 aliphatic rings. The van der Waals surface area contributed by atoms with Crippen LogP contribution < -0.4 is 15.8 Å². The summed E-state index contributed by atoms with van der Waals surface area (Å²) in [6.45, 7) is 4.54. The van der Waals surface area contributed by atoms with E-state index in [4.69, 9.17) is 14.7 Å². The molecule has 0 aromatic carbocycles. The molecule has 0 spiro atoms. The summed E-state index contributed by atoms with van der Waals surface area (Å²) in [7, 11) is 0. The van der Waals surface area contributed by atoms with Crippen LogP contribution in [-0.4, -0.2) is 49.8 Å². The highest BCUT2D eigenvalue weighted by atomic mass is 32.1. The standard InChI is InChI=1S/C14H17N5O4S/c1-2-23-13(21)10(7-15)8-16-18-12(20)11-9-24-14(17-11)19-3-5-22-6-4-19/h8-9,16H,2-6H2,1H3,(H,18,20)/b10-8+. The maximum absolute atomic E-state index is 12.0. The SMILES string of the molecule is CCOC(=O)/C(C#N)=C/NNC(=O)c1csc(N2CCOCC2)n1. The maximum Gasteiger partial charge on any atom is 0.350 e. The summed E-state index contributed by atoms with van der Waals surface area (Å²) < 4.78 is 9.97. The summed E-state index contributed by atoms with van der Waals surface area (Å²) in [5.41, 5.74) is 4.76. The third kappa shape index (κ3) is 4.68. The summed E-state index contributed by atoms with van der Waals surface area (Å²) in [6, 6.07) is 1.69. The molecule has 0 saturated carbocycles. The lowest BCUT2D eigenvalue weighted by Gasteiger charge is -2.25. The third-order valence-corrected chi connectivity index (χ3v) is 3.93. The van der Waals surface area contributed by atoms with Crippen molar-refractivity contribution >= 4 is 28.3 Å². The van der Waals surface area contributed by atoms with E-state index in [0.29, 0.717) is 13.2 Å². The Labute approximate surface area is 142 Å². The molecule has 2 heterocycles. The van der Waals surface area contributed by atoms with Crippen LogP contribution in [0.2, 0.25) is 0 Å². The van der Waals surface area contributed by atoms with Gasteiger partial charge in [0.2, 0.25) is 0 Å². The number of ether oxygens (including phenoxy) is 2. The number of nitriles is 1. The summed E-state index contributed by atoms with van der Waals surface area (Å²) >= 11 is 1.37. The van der Waals surface area contributed by atoms with Crippen LogP contribution in [0.4, 0.5) is 5.13 Å². The molecular formula is C14H17N5O4S. The van der Waals surface area contributed by atoms with Crippen molar-refractivity contribution in [2.75, 3.05) is 37.8 Å². The van der Waals surface area contributed by atoms with Gasteiger partial charge in [0, 0.05) is 24.7 Å². The molecule has 2 N–H and O–H groups in total. The van der Waals surface area contributed by atoms with Gasteiger partial charge in [0.1, 0.15) is 11.8 Å². The number of aromatic nitrogens is 1. The molecule has 1 fully saturated rings. The van der Waals surface area contributed by atoms with Gasteiger partial charge < -0.3 is 19.8 Å². The van der Waals surface area contributed by atoms with Gasteiger partial charge in [0.25, 0.3) is 5.91 Å². The number of morpholine rings is 1. The number of thiazole rings is 1. The lowest BCUT2D eigenvalue weighted by molar-refractivity contribution is -0.138. The van der Waals surface area contributed by atoms with Gasteiger partial charge in [-0.3, -0.25) is 10.2 Å². The molecule has 2 rings (SSSR count). The van der Waals surface area contributed by atoms with Crippen LogP contribution in [0.25, 0.3) is 0 Å². The topological polar surface area (TPSA) is 117 Å². The lowest BCUT2D eigenvalue weighted by atomic mass is 10.3. The van der Waals surface area contributed by atoms with Crippen molar-refractivity contribution in [1.29, 1.82) is 5.26 Å². The first-order valence-electron chi connectivity index (χ1n) is 7.27. The highest BCUT2D eigenvalue weighted by Gasteiger charge is 2.17. The zero-order valence-electron chi connectivity index (χ0n) is 13.1. The minimum atomic E-state index is -0.759. The van der Waals surface area contributed by atoms with Crippen LogP contribution in [-0.2, 0) is 14.3 Å². The number of hydrogen-bond acceptors (Lipinski definition) is 9. The Morgan fingerprint density at radius 1 is 1.54 bits per heavy atom. The molecule has 10 heteroatoms. The van der Waals surface area contributed by atoms with Crippen molar-refractivity contribution in [2.24, 2.45) is 0 Å². The van der Waals surface area contributed by atoms with Gasteiger partial charge in [-0.1, -0.05) is 0 Å². The Morgan fingerprint density at radius 2 is 2.29 bits per heavy atom. The summed E-state index contributed by atoms with van der Waals surface area (Å²) in [5, 5.41) is 11.2. The van der Waals surface area contributed by atoms with Crippen molar-refractivity contribution in [3.8, 4) is 6.07 Å². The molecule has 1 aliphatic heterocycles. The van der Waals surface area contributed by atoms with Crippen molar-refractivity contribution in [3.05, 3.63) is 22.8 Å². The Balaban J connectivity index is 1.89. The fourth-order valence-electron chi connectivity index (χ4n) is 1.85. The van der Waals surface area contributed by atoms with Crippen LogP contribution in [0.1, 0.15) is 17.4 Å². The van der Waals surface area contributed by atoms with E-state index in [1.165, 1.54) is 11.3 Å². The van der Waals surface area contributed by atoms with E-state index in [2.05, 4.69) is 15.8 Å². The second-order valence-electron chi connectivity index (χ2n) is 4.60. The van der Waals surface area contributed by atoms with Crippen molar-refractivity contribution in [2.45, 2.75) is 6.92 Å². The van der Waals surface area contributed by atoms with Gasteiger partial charge in [0.05, 0.1) is 19.8 Å². The molecule has 0 unspecified atom stereocenters. The predicted molar refractivity (Wildman–Crippen MR) is 86.1 cm³/mol. The number of nitrogens with one attached hydrogen (secondary N) is 2. The number of anilines is 1. The van der Waals surface area contributed by atoms with Crippen molar-refractivity contribution in [1.82, 2.24) is 15.8 Å². The highest BCUT2D eigenvalue weighted by molar-refractivity contribution is 7.13. The normalized spacial score (nSPS) is 14.7. The Bertz CT molecular complexity index is 660. The summed E-state index contributed by atoms with van der Waals surface area (Å²) in [4.78, 5) is 29.7. The van der Waals surface area contributed by atoms with Crippen LogP contribution in [0.15, 0.2) is 17.2 Å². The Morgan fingerprint density at radius 3 is 2.96 bits per heavy atom. The number of hydrogen-bond donors (Lipinski definition) is 2. The van der Waals surface area contributed by atoms with Gasteiger partial charge in [-0.25, -0.2) is 9.78 Å². The second-order valence-corrected chi connectivity index (χ2v) is 5.44. The zero-order chi connectivity index (χ0) is 17.4. The molecule has 1 aromatic rings. The number of hydrazine groups is 1. The fraction of sp³-hybridized carbons (Fsp3) is 0.429. The van der Waals surface area contributed by atoms with Crippen LogP contribution in [0, 0.1) is 11.3 Å². The van der Waals surface area contributed by atoms with E-state index < -0.39 is 11.9 Å². The molecule has 9 nitrogen and oxygen atoms in total. The number of rotatable bonds is 6. The molecule has 24 heavy (non-hydrogen) atoms. The number of esters is 1. The first-order chi connectivity index (χ1) is 11.7. The molecule has 0 radical (unpaired) electrons. The van der Waals surface area contributed by atoms with Gasteiger partial charge >= 0.3 is 5.97 Å². The Hall–Kier alpha value is -2.64. The molecule has 0 aliphatic carbocycles. The molecule has 1 aromatic heterocycles. The van der Waals surface area contributed by atoms with Crippen LogP contribution >= 0.6 is 11.3 Å². The van der Waals surface area contributed by atoms with E-state index in [9.17, 15) is 9.59 Å². The maximum atomic E-state index is 12.0. The minimum Gasteiger partial charge on any atom is -0.462 e. The Kier molecular flexibility index (Phi) is 6.53. The van der Waals surface area contributed by atoms with Crippen molar-refractivity contribution in [3.63, 3.8) is 0 Å². The number of carbonyl (C=O) groups is 2. The summed E-state index contributed by atoms with van der Waals surface area (Å²) in [6.07, 6.45) is 1.07. The largest absolute Gasteiger partial charge is 0.462 e. The average molecular weight is 351 g/mol. The number of amides is 1. The quantitative estimate of drug-likeness (QED) is 0.323. The molecule has 0 bridgehead atoms. The number of carbonyl (C=O) groups excluding carboxylic acids is 2. The molecule has 1 amide bonds. The molecular weight excluding hydrogens is 334 g/mol. The van der Waals surface area contributed by atoms with Gasteiger partial charge in [-0.05, 0) is 6.92 Å². The van der Waals surface area contributed by atoms with Gasteiger partial charge in [-0.15, -0.1) is 11.3 Å². The van der Waals surface area contributed by atoms with E-state index >= 15 is 0 Å². The summed E-state index contributed by atoms with van der Waals surface area (Å²) in [5.74, 6) is -1.23. The van der Waals surface area contributed by atoms with Crippen molar-refractivity contribution < 1.29 is 19.1 Å². The van der Waals surface area contributed by atoms with E-state index in [1.807, 2.05) is 4.90 Å². The zero-order valence-corrected chi connectivity index (χ0v) is 13.9. The van der Waals surface area contributed by atoms with Crippen LogP contribution in [0.5, 0.6) is 0 Å². The monoisotopic (exact) mass is 351 g/mol. The highest BCUT2D eigenvalue weighted by Crippen LogP contribution is 2.21. The first kappa shape index (κ1) is 17.7. The second kappa shape index (κ2) is 8.85. The smallest absolute Gasteiger partial charge is 0.350 e. The van der Waals surface area contributed by atoms with Crippen LogP contribution in [0.3, 0.4) is 0 Å². The van der Waals surface area contributed by atoms with E-state index in [1.54, 1.807) is 18.4 Å². The molecule has 0 atom stereocenters. The van der Waals surface area contributed by atoms with E-state index in [0.717, 1.165) is 24.4 Å². The minimum absolute atomic E-state index is 0.160. The lowest BCUT2D eigenvalue weighted by Crippen LogP contribution is -2.36. The van der Waals surface area contributed by atoms with Gasteiger partial charge in [-0.2, -0.15) is 5.26 Å². The number of nitrogens with zero attached hydrogens (tertiary/aromatic N) is 3. The first-order valence-corrected chi connectivity index (χ1v) is 8.15.